The number of amides is 3. The lowest BCUT2D eigenvalue weighted by molar-refractivity contribution is -0.132. The Kier molecular flexibility index (Phi) is 10.5. The molecule has 0 aliphatic carbocycles. The lowest BCUT2D eigenvalue weighted by Crippen LogP contribution is -2.48. The smallest absolute Gasteiger partial charge is 0.243 e. The first kappa shape index (κ1) is 29.8. The van der Waals surface area contributed by atoms with Gasteiger partial charge in [0, 0.05) is 25.1 Å². The largest absolute Gasteiger partial charge is 0.493 e. The average Bonchev–Trinajstić information content (AvgIpc) is 3.39. The first-order chi connectivity index (χ1) is 19.8. The van der Waals surface area contributed by atoms with Crippen LogP contribution in [0.25, 0.3) is 11.4 Å². The first-order valence-corrected chi connectivity index (χ1v) is 14.4. The molecular weight excluding hydrogens is 520 g/mol. The van der Waals surface area contributed by atoms with E-state index in [0.717, 1.165) is 5.56 Å². The number of nitrogens with zero attached hydrogens (tertiary/aromatic N) is 4. The molecule has 0 bridgehead atoms. The van der Waals surface area contributed by atoms with Gasteiger partial charge in [0.25, 0.3) is 0 Å². The monoisotopic (exact) mass is 560 g/mol. The van der Waals surface area contributed by atoms with E-state index in [9.17, 15) is 14.4 Å². The standard InChI is InChI=1S/C31H40N6O4/c1-22(2)21-26-31(40)32-23(3)30-34-29(24-11-6-4-7-12-24)35-37(30)19-18-36(17-10-15-27(38)33-26)28(39)16-20-41-25-13-8-5-9-14-25/h4-9,11-14,22-23,26H,10,15-21H2,1-3H3,(H,32,40)(H,33,38)/t23-,26-/m1/s1. The van der Waals surface area contributed by atoms with Crippen molar-refractivity contribution in [3.8, 4) is 17.1 Å². The van der Waals surface area contributed by atoms with Crippen LogP contribution in [0.2, 0.25) is 0 Å². The van der Waals surface area contributed by atoms with Crippen molar-refractivity contribution in [2.45, 2.75) is 65.1 Å². The summed E-state index contributed by atoms with van der Waals surface area (Å²) in [5, 5.41) is 10.7. The summed E-state index contributed by atoms with van der Waals surface area (Å²) >= 11 is 0. The van der Waals surface area contributed by atoms with Crippen molar-refractivity contribution in [1.29, 1.82) is 0 Å². The average molecular weight is 561 g/mol. The number of hydrogen-bond acceptors (Lipinski definition) is 6. The molecule has 1 aliphatic heterocycles. The summed E-state index contributed by atoms with van der Waals surface area (Å²) in [5.74, 6) is 1.55. The van der Waals surface area contributed by atoms with Crippen LogP contribution < -0.4 is 15.4 Å². The lowest BCUT2D eigenvalue weighted by atomic mass is 10.0. The van der Waals surface area contributed by atoms with Gasteiger partial charge in [-0.15, -0.1) is 0 Å². The van der Waals surface area contributed by atoms with E-state index in [1.165, 1.54) is 0 Å². The molecule has 0 saturated heterocycles. The van der Waals surface area contributed by atoms with Crippen molar-refractivity contribution in [2.24, 2.45) is 5.92 Å². The molecule has 0 fully saturated rings. The van der Waals surface area contributed by atoms with Crippen LogP contribution in [0.15, 0.2) is 60.7 Å². The highest BCUT2D eigenvalue weighted by molar-refractivity contribution is 5.87. The van der Waals surface area contributed by atoms with Gasteiger partial charge < -0.3 is 20.3 Å². The SMILES string of the molecule is CC(C)C[C@H]1NC(=O)CCCN(C(=O)CCOc2ccccc2)CCn2nc(-c3ccccc3)nc2[C@@H](C)NC1=O. The Balaban J connectivity index is 1.56. The Morgan fingerprint density at radius 3 is 2.41 bits per heavy atom. The number of rotatable bonds is 7. The second-order valence-electron chi connectivity index (χ2n) is 10.8. The maximum Gasteiger partial charge on any atom is 0.243 e. The van der Waals surface area contributed by atoms with Crippen LogP contribution in [-0.2, 0) is 20.9 Å². The second-order valence-corrected chi connectivity index (χ2v) is 10.8. The number of para-hydroxylation sites is 1. The van der Waals surface area contributed by atoms with E-state index in [2.05, 4.69) is 10.6 Å². The van der Waals surface area contributed by atoms with E-state index in [4.69, 9.17) is 14.8 Å². The van der Waals surface area contributed by atoms with E-state index in [0.29, 0.717) is 49.9 Å². The van der Waals surface area contributed by atoms with Gasteiger partial charge in [-0.05, 0) is 37.8 Å². The molecule has 218 valence electrons. The minimum Gasteiger partial charge on any atom is -0.493 e. The molecule has 2 atom stereocenters. The van der Waals surface area contributed by atoms with Gasteiger partial charge in [-0.1, -0.05) is 62.4 Å². The van der Waals surface area contributed by atoms with Gasteiger partial charge >= 0.3 is 0 Å². The Morgan fingerprint density at radius 2 is 1.71 bits per heavy atom. The molecule has 0 unspecified atom stereocenters. The Hall–Kier alpha value is -4.21. The van der Waals surface area contributed by atoms with Crippen LogP contribution in [-0.4, -0.2) is 63.1 Å². The predicted octanol–water partition coefficient (Wildman–Crippen LogP) is 3.74. The normalized spacial score (nSPS) is 18.7. The molecule has 3 aromatic rings. The molecule has 2 aromatic carbocycles. The summed E-state index contributed by atoms with van der Waals surface area (Å²) in [6.45, 7) is 7.33. The molecule has 2 heterocycles. The molecule has 3 amide bonds. The summed E-state index contributed by atoms with van der Waals surface area (Å²) in [6.07, 6.45) is 1.42. The summed E-state index contributed by atoms with van der Waals surface area (Å²) < 4.78 is 7.52. The molecule has 1 aliphatic rings. The van der Waals surface area contributed by atoms with Crippen molar-refractivity contribution in [1.82, 2.24) is 30.3 Å². The quantitative estimate of drug-likeness (QED) is 0.455. The Bertz CT molecular complexity index is 1290. The molecule has 2 N–H and O–H groups in total. The molecular formula is C31H40N6O4. The predicted molar refractivity (Wildman–Crippen MR) is 156 cm³/mol. The third-order valence-corrected chi connectivity index (χ3v) is 6.93. The highest BCUT2D eigenvalue weighted by Gasteiger charge is 2.27. The van der Waals surface area contributed by atoms with Gasteiger partial charge in [0.15, 0.2) is 5.82 Å². The van der Waals surface area contributed by atoms with Crippen molar-refractivity contribution >= 4 is 17.7 Å². The molecule has 0 saturated carbocycles. The zero-order valence-electron chi connectivity index (χ0n) is 24.1. The van der Waals surface area contributed by atoms with Crippen LogP contribution in [0.3, 0.4) is 0 Å². The van der Waals surface area contributed by atoms with E-state index in [1.807, 2.05) is 81.4 Å². The Morgan fingerprint density at radius 1 is 1.00 bits per heavy atom. The van der Waals surface area contributed by atoms with E-state index >= 15 is 0 Å². The van der Waals surface area contributed by atoms with E-state index in [1.54, 1.807) is 9.58 Å². The molecule has 41 heavy (non-hydrogen) atoms. The molecule has 0 spiro atoms. The molecule has 10 nitrogen and oxygen atoms in total. The minimum absolute atomic E-state index is 0.0579. The highest BCUT2D eigenvalue weighted by atomic mass is 16.5. The highest BCUT2D eigenvalue weighted by Crippen LogP contribution is 2.20. The number of carbonyl (C=O) groups is 3. The fraction of sp³-hybridized carbons (Fsp3) is 0.452. The lowest BCUT2D eigenvalue weighted by Gasteiger charge is -2.26. The summed E-state index contributed by atoms with van der Waals surface area (Å²) in [5.41, 5.74) is 0.861. The van der Waals surface area contributed by atoms with E-state index < -0.39 is 12.1 Å². The van der Waals surface area contributed by atoms with Crippen molar-refractivity contribution in [2.75, 3.05) is 19.7 Å². The fourth-order valence-electron chi connectivity index (χ4n) is 4.83. The van der Waals surface area contributed by atoms with Crippen LogP contribution >= 0.6 is 0 Å². The van der Waals surface area contributed by atoms with E-state index in [-0.39, 0.29) is 43.1 Å². The van der Waals surface area contributed by atoms with Crippen molar-refractivity contribution in [3.05, 3.63) is 66.5 Å². The first-order valence-electron chi connectivity index (χ1n) is 14.4. The molecule has 4 rings (SSSR count). The Labute approximate surface area is 241 Å². The number of aromatic nitrogens is 3. The maximum absolute atomic E-state index is 13.3. The topological polar surface area (TPSA) is 118 Å². The number of benzene rings is 2. The number of hydrogen-bond donors (Lipinski definition) is 2. The van der Waals surface area contributed by atoms with Gasteiger partial charge in [0.05, 0.1) is 25.6 Å². The second kappa shape index (κ2) is 14.4. The zero-order valence-corrected chi connectivity index (χ0v) is 24.1. The maximum atomic E-state index is 13.3. The molecule has 10 heteroatoms. The van der Waals surface area contributed by atoms with Crippen LogP contribution in [0, 0.1) is 5.92 Å². The van der Waals surface area contributed by atoms with Gasteiger partial charge in [0.1, 0.15) is 17.6 Å². The number of fused-ring (bicyclic) bond motifs is 1. The van der Waals surface area contributed by atoms with Crippen LogP contribution in [0.1, 0.15) is 58.3 Å². The van der Waals surface area contributed by atoms with Gasteiger partial charge in [0.2, 0.25) is 17.7 Å². The minimum atomic E-state index is -0.661. The zero-order chi connectivity index (χ0) is 29.2. The van der Waals surface area contributed by atoms with Gasteiger partial charge in [-0.25, -0.2) is 9.67 Å². The van der Waals surface area contributed by atoms with Crippen molar-refractivity contribution in [3.63, 3.8) is 0 Å². The summed E-state index contributed by atoms with van der Waals surface area (Å²) in [4.78, 5) is 45.9. The van der Waals surface area contributed by atoms with Crippen LogP contribution in [0.5, 0.6) is 5.75 Å². The fourth-order valence-corrected chi connectivity index (χ4v) is 4.83. The van der Waals surface area contributed by atoms with Gasteiger partial charge in [-0.3, -0.25) is 14.4 Å². The van der Waals surface area contributed by atoms with Crippen molar-refractivity contribution < 1.29 is 19.1 Å². The van der Waals surface area contributed by atoms with Crippen LogP contribution in [0.4, 0.5) is 0 Å². The van der Waals surface area contributed by atoms with Gasteiger partial charge in [-0.2, -0.15) is 5.10 Å². The third-order valence-electron chi connectivity index (χ3n) is 6.93. The summed E-state index contributed by atoms with van der Waals surface area (Å²) in [6, 6.07) is 17.9. The molecule has 0 radical (unpaired) electrons. The number of carbonyl (C=O) groups excluding carboxylic acids is 3. The number of nitrogens with one attached hydrogen (secondary N) is 2. The molecule has 1 aromatic heterocycles. The third kappa shape index (κ3) is 8.64. The number of ether oxygens (including phenoxy) is 1. The summed E-state index contributed by atoms with van der Waals surface area (Å²) in [7, 11) is 0.